The van der Waals surface area contributed by atoms with E-state index in [1.54, 1.807) is 4.68 Å². The fourth-order valence-corrected chi connectivity index (χ4v) is 2.85. The van der Waals surface area contributed by atoms with Crippen molar-refractivity contribution in [1.29, 1.82) is 0 Å². The van der Waals surface area contributed by atoms with Gasteiger partial charge >= 0.3 is 0 Å². The van der Waals surface area contributed by atoms with Gasteiger partial charge in [0.1, 0.15) is 0 Å². The van der Waals surface area contributed by atoms with Crippen LogP contribution in [0.4, 0.5) is 5.82 Å². The van der Waals surface area contributed by atoms with E-state index in [-0.39, 0.29) is 5.56 Å². The Morgan fingerprint density at radius 1 is 0.962 bits per heavy atom. The van der Waals surface area contributed by atoms with Crippen LogP contribution < -0.4 is 10.9 Å². The van der Waals surface area contributed by atoms with Gasteiger partial charge in [0.25, 0.3) is 5.56 Å². The molecule has 0 amide bonds. The van der Waals surface area contributed by atoms with Crippen molar-refractivity contribution in [3.63, 3.8) is 0 Å². The summed E-state index contributed by atoms with van der Waals surface area (Å²) >= 11 is 0. The third-order valence-corrected chi connectivity index (χ3v) is 4.20. The minimum absolute atomic E-state index is 0.289. The zero-order valence-corrected chi connectivity index (χ0v) is 14.1. The van der Waals surface area contributed by atoms with Gasteiger partial charge < -0.3 is 5.32 Å². The van der Waals surface area contributed by atoms with Crippen molar-refractivity contribution in [1.82, 2.24) is 25.2 Å². The number of H-pyrrole nitrogens is 1. The van der Waals surface area contributed by atoms with Gasteiger partial charge in [0, 0.05) is 13.1 Å². The molecule has 2 aromatic carbocycles. The highest BCUT2D eigenvalue weighted by Crippen LogP contribution is 2.15. The smallest absolute Gasteiger partial charge is 0.292 e. The summed E-state index contributed by atoms with van der Waals surface area (Å²) in [6.07, 6.45) is 0.772. The van der Waals surface area contributed by atoms with Gasteiger partial charge in [-0.3, -0.25) is 4.79 Å². The molecule has 2 N–H and O–H groups in total. The Morgan fingerprint density at radius 2 is 1.65 bits per heavy atom. The highest BCUT2D eigenvalue weighted by Gasteiger charge is 2.14. The predicted molar refractivity (Wildman–Crippen MR) is 99.9 cm³/mol. The van der Waals surface area contributed by atoms with E-state index in [4.69, 9.17) is 0 Å². The summed E-state index contributed by atoms with van der Waals surface area (Å²) in [5, 5.41) is 18.2. The topological polar surface area (TPSA) is 88.5 Å². The number of aromatic amines is 1. The number of fused-ring (bicyclic) bond motifs is 1. The normalized spacial score (nSPS) is 10.9. The van der Waals surface area contributed by atoms with E-state index in [9.17, 15) is 4.79 Å². The lowest BCUT2D eigenvalue weighted by Gasteiger charge is -2.06. The number of aromatic nitrogens is 5. The highest BCUT2D eigenvalue weighted by atomic mass is 16.1. The van der Waals surface area contributed by atoms with E-state index in [0.29, 0.717) is 29.9 Å². The van der Waals surface area contributed by atoms with Crippen LogP contribution in [0.25, 0.3) is 11.0 Å². The Morgan fingerprint density at radius 3 is 2.38 bits per heavy atom. The van der Waals surface area contributed by atoms with Crippen LogP contribution in [0.1, 0.15) is 11.1 Å². The van der Waals surface area contributed by atoms with Crippen molar-refractivity contribution in [2.45, 2.75) is 19.5 Å². The number of benzene rings is 2. The quantitative estimate of drug-likeness (QED) is 0.559. The van der Waals surface area contributed by atoms with Crippen LogP contribution in [0.15, 0.2) is 65.5 Å². The zero-order valence-electron chi connectivity index (χ0n) is 14.1. The number of nitrogens with zero attached hydrogens (tertiary/aromatic N) is 4. The minimum atomic E-state index is -0.289. The molecule has 2 heterocycles. The summed E-state index contributed by atoms with van der Waals surface area (Å²) in [6, 6.07) is 20.1. The molecule has 0 aliphatic rings. The first-order valence-electron chi connectivity index (χ1n) is 8.45. The predicted octanol–water partition coefficient (Wildman–Crippen LogP) is 2.37. The van der Waals surface area contributed by atoms with Gasteiger partial charge in [0.05, 0.1) is 0 Å². The summed E-state index contributed by atoms with van der Waals surface area (Å²) < 4.78 is 1.64. The van der Waals surface area contributed by atoms with Crippen molar-refractivity contribution in [2.24, 2.45) is 0 Å². The molecule has 0 unspecified atom stereocenters. The summed E-state index contributed by atoms with van der Waals surface area (Å²) in [7, 11) is 0. The molecule has 4 aromatic rings. The SMILES string of the molecule is O=c1[nH]nc(NCc2ccccc2)c2nnn(CCc3ccccc3)c12. The van der Waals surface area contributed by atoms with Crippen LogP contribution in [-0.4, -0.2) is 25.2 Å². The lowest BCUT2D eigenvalue weighted by atomic mass is 10.1. The van der Waals surface area contributed by atoms with Gasteiger partial charge in [-0.05, 0) is 17.5 Å². The summed E-state index contributed by atoms with van der Waals surface area (Å²) in [5.41, 5.74) is 2.93. The minimum Gasteiger partial charge on any atom is -0.363 e. The fourth-order valence-electron chi connectivity index (χ4n) is 2.85. The molecule has 4 rings (SSSR count). The van der Waals surface area contributed by atoms with Gasteiger partial charge in [0.2, 0.25) is 0 Å². The molecule has 0 radical (unpaired) electrons. The summed E-state index contributed by atoms with van der Waals surface area (Å²) in [4.78, 5) is 12.3. The Hall–Kier alpha value is -3.48. The van der Waals surface area contributed by atoms with Gasteiger partial charge in [-0.25, -0.2) is 9.78 Å². The molecule has 0 spiro atoms. The zero-order chi connectivity index (χ0) is 17.8. The number of aryl methyl sites for hydroxylation is 2. The first-order valence-corrected chi connectivity index (χ1v) is 8.45. The molecule has 130 valence electrons. The highest BCUT2D eigenvalue weighted by molar-refractivity contribution is 5.84. The van der Waals surface area contributed by atoms with Crippen molar-refractivity contribution in [2.75, 3.05) is 5.32 Å². The van der Waals surface area contributed by atoms with Crippen LogP contribution in [0.3, 0.4) is 0 Å². The molecule has 0 bridgehead atoms. The maximum atomic E-state index is 12.3. The second kappa shape index (κ2) is 7.18. The summed E-state index contributed by atoms with van der Waals surface area (Å²) in [6.45, 7) is 1.16. The Balaban J connectivity index is 1.58. The largest absolute Gasteiger partial charge is 0.363 e. The molecular formula is C19H18N6O. The number of nitrogens with one attached hydrogen (secondary N) is 2. The molecule has 0 saturated carbocycles. The second-order valence-corrected chi connectivity index (χ2v) is 5.99. The number of anilines is 1. The number of rotatable bonds is 6. The maximum Gasteiger partial charge on any atom is 0.292 e. The third-order valence-electron chi connectivity index (χ3n) is 4.20. The lowest BCUT2D eigenvalue weighted by molar-refractivity contribution is 0.604. The maximum absolute atomic E-state index is 12.3. The summed E-state index contributed by atoms with van der Waals surface area (Å²) in [5.74, 6) is 0.523. The van der Waals surface area contributed by atoms with E-state index >= 15 is 0 Å². The first-order chi connectivity index (χ1) is 12.8. The van der Waals surface area contributed by atoms with Crippen LogP contribution in [0.5, 0.6) is 0 Å². The van der Waals surface area contributed by atoms with Gasteiger partial charge in [-0.2, -0.15) is 5.10 Å². The molecule has 0 fully saturated rings. The molecule has 7 nitrogen and oxygen atoms in total. The van der Waals surface area contributed by atoms with Crippen LogP contribution in [-0.2, 0) is 19.5 Å². The van der Waals surface area contributed by atoms with Crippen LogP contribution in [0.2, 0.25) is 0 Å². The average molecular weight is 346 g/mol. The van der Waals surface area contributed by atoms with E-state index in [1.807, 2.05) is 48.5 Å². The average Bonchev–Trinajstić information content (AvgIpc) is 3.13. The van der Waals surface area contributed by atoms with Crippen molar-refractivity contribution in [3.05, 3.63) is 82.1 Å². The second-order valence-electron chi connectivity index (χ2n) is 5.99. The molecule has 7 heteroatoms. The third kappa shape index (κ3) is 3.32. The Bertz CT molecular complexity index is 1060. The standard InChI is InChI=1S/C19H18N6O/c26-19-17-16(18(22-23-19)20-13-15-9-5-2-6-10-15)21-24-25(17)12-11-14-7-3-1-4-8-14/h1-10H,11-13H2,(H,20,22)(H,23,26). The number of hydrogen-bond acceptors (Lipinski definition) is 5. The molecule has 0 aliphatic heterocycles. The van der Waals surface area contributed by atoms with Crippen molar-refractivity contribution in [3.8, 4) is 0 Å². The molecular weight excluding hydrogens is 328 g/mol. The Kier molecular flexibility index (Phi) is 4.42. The first kappa shape index (κ1) is 16.0. The van der Waals surface area contributed by atoms with Gasteiger partial charge in [0.15, 0.2) is 16.9 Å². The van der Waals surface area contributed by atoms with Crippen LogP contribution in [0, 0.1) is 0 Å². The van der Waals surface area contributed by atoms with E-state index < -0.39 is 0 Å². The van der Waals surface area contributed by atoms with E-state index in [1.165, 1.54) is 5.56 Å². The van der Waals surface area contributed by atoms with Gasteiger partial charge in [-0.15, -0.1) is 5.10 Å². The molecule has 0 aliphatic carbocycles. The van der Waals surface area contributed by atoms with Crippen molar-refractivity contribution >= 4 is 16.9 Å². The van der Waals surface area contributed by atoms with E-state index in [2.05, 4.69) is 38.0 Å². The van der Waals surface area contributed by atoms with E-state index in [0.717, 1.165) is 12.0 Å². The monoisotopic (exact) mass is 346 g/mol. The molecule has 26 heavy (non-hydrogen) atoms. The lowest BCUT2D eigenvalue weighted by Crippen LogP contribution is -2.16. The van der Waals surface area contributed by atoms with Gasteiger partial charge in [-0.1, -0.05) is 65.9 Å². The van der Waals surface area contributed by atoms with Crippen LogP contribution >= 0.6 is 0 Å². The molecule has 0 atom stereocenters. The molecule has 2 aromatic heterocycles. The fraction of sp³-hybridized carbons (Fsp3) is 0.158. The molecule has 0 saturated heterocycles. The number of hydrogen-bond donors (Lipinski definition) is 2. The Labute approximate surface area is 149 Å². The van der Waals surface area contributed by atoms with Crippen molar-refractivity contribution < 1.29 is 0 Å².